The quantitative estimate of drug-likeness (QED) is 0.590. The van der Waals surface area contributed by atoms with Crippen LogP contribution in [0.5, 0.6) is 17.2 Å². The molecule has 0 aliphatic rings. The summed E-state index contributed by atoms with van der Waals surface area (Å²) in [5.41, 5.74) is 0.730. The van der Waals surface area contributed by atoms with Gasteiger partial charge in [-0.3, -0.25) is 0 Å². The van der Waals surface area contributed by atoms with Gasteiger partial charge >= 0.3 is 10.3 Å². The molecule has 0 unspecified atom stereocenters. The molecular weight excluding hydrogens is 378 g/mol. The van der Waals surface area contributed by atoms with E-state index in [4.69, 9.17) is 8.92 Å². The molecule has 0 fully saturated rings. The molecule has 8 heteroatoms. The molecule has 0 bridgehead atoms. The van der Waals surface area contributed by atoms with Crippen LogP contribution in [0, 0.1) is 0 Å². The van der Waals surface area contributed by atoms with Crippen molar-refractivity contribution in [1.82, 2.24) is 9.97 Å². The third-order valence-corrected chi connectivity index (χ3v) is 4.51. The summed E-state index contributed by atoms with van der Waals surface area (Å²) in [4.78, 5) is 8.24. The molecule has 1 heterocycles. The van der Waals surface area contributed by atoms with E-state index in [1.54, 1.807) is 56.3 Å². The summed E-state index contributed by atoms with van der Waals surface area (Å²) in [5.74, 6) is 1.14. The molecule has 0 aliphatic heterocycles. The number of hydrogen-bond acceptors (Lipinski definition) is 6. The molecule has 0 N–H and O–H groups in total. The smallest absolute Gasteiger partial charge is 0.416 e. The van der Waals surface area contributed by atoms with Crippen LogP contribution < -0.4 is 13.2 Å². The second-order valence-corrected chi connectivity index (χ2v) is 7.41. The Labute approximate surface area is 164 Å². The zero-order chi connectivity index (χ0) is 20.0. The summed E-state index contributed by atoms with van der Waals surface area (Å²) in [5, 5.41) is 0. The number of allylic oxidation sites excluding steroid dienone is 1. The molecule has 0 aliphatic carbocycles. The first-order valence-electron chi connectivity index (χ1n) is 8.43. The standard InChI is InChI=1S/C20H19N3O4S/c1-16(2)15-23(28(24,25)27-18-11-7-4-8-12-18)20-21-13-19(14-22-20)26-17-9-5-3-6-10-17/h3-15H,1-2H3. The second kappa shape index (κ2) is 8.53. The fourth-order valence-corrected chi connectivity index (χ4v) is 3.26. The van der Waals surface area contributed by atoms with Gasteiger partial charge in [0.15, 0.2) is 5.75 Å². The lowest BCUT2D eigenvalue weighted by Gasteiger charge is -2.19. The maximum atomic E-state index is 12.8. The monoisotopic (exact) mass is 397 g/mol. The molecule has 0 saturated heterocycles. The number of para-hydroxylation sites is 2. The van der Waals surface area contributed by atoms with E-state index in [2.05, 4.69) is 9.97 Å². The first-order valence-corrected chi connectivity index (χ1v) is 9.79. The van der Waals surface area contributed by atoms with Gasteiger partial charge in [-0.2, -0.15) is 12.7 Å². The van der Waals surface area contributed by atoms with Crippen molar-refractivity contribution in [1.29, 1.82) is 0 Å². The van der Waals surface area contributed by atoms with Gasteiger partial charge in [-0.05, 0) is 38.1 Å². The summed E-state index contributed by atoms with van der Waals surface area (Å²) in [6, 6.07) is 17.4. The van der Waals surface area contributed by atoms with E-state index in [1.165, 1.54) is 18.6 Å². The summed E-state index contributed by atoms with van der Waals surface area (Å²) in [6.45, 7) is 3.52. The molecular formula is C20H19N3O4S. The largest absolute Gasteiger partial charge is 0.454 e. The minimum Gasteiger partial charge on any atom is -0.454 e. The molecule has 0 saturated carbocycles. The van der Waals surface area contributed by atoms with Crippen LogP contribution >= 0.6 is 0 Å². The number of nitrogens with zero attached hydrogens (tertiary/aromatic N) is 3. The van der Waals surface area contributed by atoms with E-state index in [0.29, 0.717) is 11.5 Å². The summed E-state index contributed by atoms with van der Waals surface area (Å²) in [6.07, 6.45) is 4.20. The van der Waals surface area contributed by atoms with Crippen LogP contribution in [0.2, 0.25) is 0 Å². The lowest BCUT2D eigenvalue weighted by atomic mass is 10.3. The van der Waals surface area contributed by atoms with E-state index >= 15 is 0 Å². The van der Waals surface area contributed by atoms with Crippen molar-refractivity contribution in [3.63, 3.8) is 0 Å². The van der Waals surface area contributed by atoms with Crippen molar-refractivity contribution in [2.24, 2.45) is 0 Å². The van der Waals surface area contributed by atoms with Crippen LogP contribution in [0.3, 0.4) is 0 Å². The van der Waals surface area contributed by atoms with Crippen LogP contribution in [0.4, 0.5) is 5.95 Å². The maximum Gasteiger partial charge on any atom is 0.416 e. The molecule has 28 heavy (non-hydrogen) atoms. The minimum atomic E-state index is -4.20. The molecule has 2 aromatic carbocycles. The third kappa shape index (κ3) is 5.08. The highest BCUT2D eigenvalue weighted by atomic mass is 32.2. The lowest BCUT2D eigenvalue weighted by molar-refractivity contribution is 0.475. The van der Waals surface area contributed by atoms with Gasteiger partial charge in [-0.15, -0.1) is 0 Å². The van der Waals surface area contributed by atoms with Crippen molar-refractivity contribution in [2.45, 2.75) is 13.8 Å². The van der Waals surface area contributed by atoms with Crippen LogP contribution in [-0.2, 0) is 10.3 Å². The Morgan fingerprint density at radius 2 is 1.39 bits per heavy atom. The van der Waals surface area contributed by atoms with Gasteiger partial charge in [0.25, 0.3) is 0 Å². The Bertz CT molecular complexity index is 1030. The normalized spacial score (nSPS) is 10.8. The molecule has 0 atom stereocenters. The highest BCUT2D eigenvalue weighted by molar-refractivity contribution is 7.88. The Balaban J connectivity index is 1.86. The minimum absolute atomic E-state index is 0.0578. The zero-order valence-electron chi connectivity index (χ0n) is 15.4. The zero-order valence-corrected chi connectivity index (χ0v) is 16.2. The van der Waals surface area contributed by atoms with E-state index < -0.39 is 10.3 Å². The number of hydrogen-bond donors (Lipinski definition) is 0. The average Bonchev–Trinajstić information content (AvgIpc) is 2.68. The molecule has 144 valence electrons. The van der Waals surface area contributed by atoms with Crippen LogP contribution in [-0.4, -0.2) is 18.4 Å². The van der Waals surface area contributed by atoms with Gasteiger partial charge < -0.3 is 8.92 Å². The summed E-state index contributed by atoms with van der Waals surface area (Å²) in [7, 11) is -4.20. The molecule has 0 radical (unpaired) electrons. The van der Waals surface area contributed by atoms with Gasteiger partial charge in [0.05, 0.1) is 12.4 Å². The van der Waals surface area contributed by atoms with Gasteiger partial charge in [0.1, 0.15) is 11.5 Å². The second-order valence-electron chi connectivity index (χ2n) is 5.99. The number of benzene rings is 2. The first kappa shape index (κ1) is 19.4. The number of aromatic nitrogens is 2. The Morgan fingerprint density at radius 1 is 0.857 bits per heavy atom. The van der Waals surface area contributed by atoms with Gasteiger partial charge in [-0.25, -0.2) is 9.97 Å². The highest BCUT2D eigenvalue weighted by Crippen LogP contribution is 2.23. The first-order chi connectivity index (χ1) is 13.4. The van der Waals surface area contributed by atoms with Crippen LogP contribution in [0.25, 0.3) is 0 Å². The summed E-state index contributed by atoms with van der Waals surface area (Å²) < 4.78 is 37.2. The van der Waals surface area contributed by atoms with E-state index in [9.17, 15) is 8.42 Å². The van der Waals surface area contributed by atoms with Crippen LogP contribution in [0.1, 0.15) is 13.8 Å². The summed E-state index contributed by atoms with van der Waals surface area (Å²) >= 11 is 0. The van der Waals surface area contributed by atoms with E-state index in [0.717, 1.165) is 9.88 Å². The maximum absolute atomic E-state index is 12.8. The van der Waals surface area contributed by atoms with E-state index in [1.807, 2.05) is 18.2 Å². The fourth-order valence-electron chi connectivity index (χ4n) is 2.20. The Hall–Kier alpha value is -3.39. The van der Waals surface area contributed by atoms with Crippen molar-refractivity contribution >= 4 is 16.3 Å². The predicted octanol–water partition coefficient (Wildman–Crippen LogP) is 4.32. The van der Waals surface area contributed by atoms with Gasteiger partial charge in [-0.1, -0.05) is 42.0 Å². The molecule has 0 amide bonds. The van der Waals surface area contributed by atoms with E-state index in [-0.39, 0.29) is 11.7 Å². The molecule has 0 spiro atoms. The Kier molecular flexibility index (Phi) is 5.90. The average molecular weight is 397 g/mol. The number of rotatable bonds is 7. The van der Waals surface area contributed by atoms with Crippen molar-refractivity contribution in [2.75, 3.05) is 4.31 Å². The lowest BCUT2D eigenvalue weighted by Crippen LogP contribution is -2.31. The van der Waals surface area contributed by atoms with Gasteiger partial charge in [0.2, 0.25) is 5.95 Å². The number of ether oxygens (including phenoxy) is 1. The highest BCUT2D eigenvalue weighted by Gasteiger charge is 2.26. The molecule has 3 rings (SSSR count). The third-order valence-electron chi connectivity index (χ3n) is 3.35. The predicted molar refractivity (Wildman–Crippen MR) is 106 cm³/mol. The van der Waals surface area contributed by atoms with Gasteiger partial charge in [0, 0.05) is 6.20 Å². The van der Waals surface area contributed by atoms with Crippen molar-refractivity contribution in [3.8, 4) is 17.2 Å². The molecule has 3 aromatic rings. The fraction of sp³-hybridized carbons (Fsp3) is 0.100. The SMILES string of the molecule is CC(C)=CN(c1ncc(Oc2ccccc2)cn1)S(=O)(=O)Oc1ccccc1. The topological polar surface area (TPSA) is 81.6 Å². The van der Waals surface area contributed by atoms with Crippen molar-refractivity contribution < 1.29 is 17.3 Å². The van der Waals surface area contributed by atoms with Crippen LogP contribution in [0.15, 0.2) is 84.8 Å². The molecule has 1 aromatic heterocycles. The number of anilines is 1. The van der Waals surface area contributed by atoms with Crippen molar-refractivity contribution in [3.05, 3.63) is 84.8 Å². The Morgan fingerprint density at radius 3 is 1.93 bits per heavy atom. The molecule has 7 nitrogen and oxygen atoms in total.